The summed E-state index contributed by atoms with van der Waals surface area (Å²) < 4.78 is 0. The molecule has 4 N–H and O–H groups in total. The number of primary amides is 1. The molecule has 0 aromatic heterocycles. The molecular weight excluding hydrogens is 196 g/mol. The number of amides is 2. The first kappa shape index (κ1) is 13.0. The predicted molar refractivity (Wildman–Crippen MR) is 57.3 cm³/mol. The average molecular weight is 210 g/mol. The molecule has 0 bridgehead atoms. The minimum atomic E-state index is -0.333. The fourth-order valence-electron chi connectivity index (χ4n) is 0.748. The number of benzene rings is 1. The molecule has 15 heavy (non-hydrogen) atoms. The van der Waals surface area contributed by atoms with Crippen molar-refractivity contribution in [1.82, 2.24) is 0 Å². The first-order chi connectivity index (χ1) is 6.91. The van der Waals surface area contributed by atoms with Crippen molar-refractivity contribution in [3.63, 3.8) is 0 Å². The van der Waals surface area contributed by atoms with Crippen molar-refractivity contribution in [2.75, 3.05) is 5.32 Å². The first-order valence-corrected chi connectivity index (χ1v) is 4.24. The lowest BCUT2D eigenvalue weighted by Gasteiger charge is -1.99. The molecule has 1 aromatic rings. The van der Waals surface area contributed by atoms with E-state index in [0.717, 1.165) is 0 Å². The number of hydrogen-bond acceptors (Lipinski definition) is 3. The lowest BCUT2D eigenvalue weighted by molar-refractivity contribution is -0.116. The van der Waals surface area contributed by atoms with Crippen LogP contribution >= 0.6 is 0 Å². The highest BCUT2D eigenvalue weighted by atomic mass is 16.3. The largest absolute Gasteiger partial charge is 0.508 e. The number of rotatable bonds is 1. The summed E-state index contributed by atoms with van der Waals surface area (Å²) in [5.41, 5.74) is 5.16. The van der Waals surface area contributed by atoms with Crippen molar-refractivity contribution in [2.24, 2.45) is 5.73 Å². The Hall–Kier alpha value is -2.04. The van der Waals surface area contributed by atoms with Crippen LogP contribution < -0.4 is 11.1 Å². The van der Waals surface area contributed by atoms with Crippen LogP contribution in [0.5, 0.6) is 5.75 Å². The van der Waals surface area contributed by atoms with Crippen LogP contribution in [0.2, 0.25) is 0 Å². The molecule has 0 heterocycles. The van der Waals surface area contributed by atoms with Crippen molar-refractivity contribution in [3.05, 3.63) is 24.3 Å². The van der Waals surface area contributed by atoms with E-state index in [4.69, 9.17) is 5.11 Å². The van der Waals surface area contributed by atoms with E-state index >= 15 is 0 Å². The number of carbonyl (C=O) groups excluding carboxylic acids is 2. The highest BCUT2D eigenvalue weighted by Gasteiger charge is 1.93. The monoisotopic (exact) mass is 210 g/mol. The van der Waals surface area contributed by atoms with Crippen molar-refractivity contribution in [1.29, 1.82) is 0 Å². The van der Waals surface area contributed by atoms with Gasteiger partial charge in [0.1, 0.15) is 5.75 Å². The van der Waals surface area contributed by atoms with E-state index in [1.165, 1.54) is 26.0 Å². The second kappa shape index (κ2) is 6.42. The van der Waals surface area contributed by atoms with E-state index in [1.54, 1.807) is 12.1 Å². The molecule has 0 spiro atoms. The molecule has 2 amide bonds. The number of phenolic OH excluding ortho intramolecular Hbond substituents is 1. The molecule has 1 rings (SSSR count). The summed E-state index contributed by atoms with van der Waals surface area (Å²) >= 11 is 0. The van der Waals surface area contributed by atoms with Gasteiger partial charge in [-0.2, -0.15) is 0 Å². The number of aromatic hydroxyl groups is 1. The summed E-state index contributed by atoms with van der Waals surface area (Å²) in [6.07, 6.45) is 0. The van der Waals surface area contributed by atoms with Crippen molar-refractivity contribution >= 4 is 17.5 Å². The normalized spacial score (nSPS) is 8.40. The van der Waals surface area contributed by atoms with E-state index in [-0.39, 0.29) is 17.6 Å². The Morgan fingerprint density at radius 1 is 1.20 bits per heavy atom. The van der Waals surface area contributed by atoms with Crippen LogP contribution in [0.15, 0.2) is 24.3 Å². The Balaban J connectivity index is 0.000000423. The zero-order chi connectivity index (χ0) is 11.8. The Labute approximate surface area is 87.9 Å². The lowest BCUT2D eigenvalue weighted by atomic mass is 10.3. The summed E-state index contributed by atoms with van der Waals surface area (Å²) in [5.74, 6) is -0.255. The van der Waals surface area contributed by atoms with Gasteiger partial charge < -0.3 is 16.2 Å². The maximum Gasteiger partial charge on any atom is 0.221 e. The fourth-order valence-corrected chi connectivity index (χ4v) is 0.748. The molecule has 0 saturated carbocycles. The minimum Gasteiger partial charge on any atom is -0.508 e. The minimum absolute atomic E-state index is 0.115. The maximum atomic E-state index is 10.5. The quantitative estimate of drug-likeness (QED) is 0.600. The molecule has 0 radical (unpaired) electrons. The number of carbonyl (C=O) groups is 2. The Bertz CT molecular complexity index is 329. The molecule has 0 fully saturated rings. The van der Waals surface area contributed by atoms with Crippen LogP contribution in [0.4, 0.5) is 5.69 Å². The number of phenols is 1. The van der Waals surface area contributed by atoms with Gasteiger partial charge in [-0.3, -0.25) is 9.59 Å². The first-order valence-electron chi connectivity index (χ1n) is 4.24. The molecule has 82 valence electrons. The predicted octanol–water partition coefficient (Wildman–Crippen LogP) is 0.842. The van der Waals surface area contributed by atoms with Gasteiger partial charge in [0, 0.05) is 19.5 Å². The SMILES string of the molecule is CC(=O)Nc1ccc(O)cc1.CC(N)=O. The van der Waals surface area contributed by atoms with Crippen LogP contribution in [0.3, 0.4) is 0 Å². The third-order valence-corrected chi connectivity index (χ3v) is 1.19. The Morgan fingerprint density at radius 2 is 1.60 bits per heavy atom. The van der Waals surface area contributed by atoms with Crippen molar-refractivity contribution in [3.8, 4) is 5.75 Å². The van der Waals surface area contributed by atoms with Gasteiger partial charge in [-0.05, 0) is 24.3 Å². The topological polar surface area (TPSA) is 92.4 Å². The smallest absolute Gasteiger partial charge is 0.221 e. The van der Waals surface area contributed by atoms with Crippen LogP contribution in [0.25, 0.3) is 0 Å². The molecule has 1 aromatic carbocycles. The highest BCUT2D eigenvalue weighted by molar-refractivity contribution is 5.88. The fraction of sp³-hybridized carbons (Fsp3) is 0.200. The zero-order valence-corrected chi connectivity index (χ0v) is 8.65. The number of hydrogen-bond donors (Lipinski definition) is 3. The number of nitrogens with one attached hydrogen (secondary N) is 1. The van der Waals surface area contributed by atoms with Gasteiger partial charge in [0.2, 0.25) is 11.8 Å². The van der Waals surface area contributed by atoms with Crippen molar-refractivity contribution < 1.29 is 14.7 Å². The summed E-state index contributed by atoms with van der Waals surface area (Å²) in [4.78, 5) is 19.7. The van der Waals surface area contributed by atoms with E-state index in [1.807, 2.05) is 0 Å². The van der Waals surface area contributed by atoms with Gasteiger partial charge in [-0.1, -0.05) is 0 Å². The lowest BCUT2D eigenvalue weighted by Crippen LogP contribution is -2.04. The molecule has 0 unspecified atom stereocenters. The van der Waals surface area contributed by atoms with Gasteiger partial charge in [0.05, 0.1) is 0 Å². The Kier molecular flexibility index (Phi) is 5.55. The summed E-state index contributed by atoms with van der Waals surface area (Å²) in [6, 6.07) is 6.31. The molecule has 0 aliphatic carbocycles. The van der Waals surface area contributed by atoms with Gasteiger partial charge in [0.15, 0.2) is 0 Å². The van der Waals surface area contributed by atoms with Crippen LogP contribution in [-0.2, 0) is 9.59 Å². The summed E-state index contributed by atoms with van der Waals surface area (Å²) in [7, 11) is 0. The van der Waals surface area contributed by atoms with Crippen LogP contribution in [0, 0.1) is 0 Å². The van der Waals surface area contributed by atoms with E-state index in [2.05, 4.69) is 11.1 Å². The molecule has 0 aliphatic rings. The van der Waals surface area contributed by atoms with E-state index in [9.17, 15) is 9.59 Å². The van der Waals surface area contributed by atoms with Crippen molar-refractivity contribution in [2.45, 2.75) is 13.8 Å². The highest BCUT2D eigenvalue weighted by Crippen LogP contribution is 2.13. The van der Waals surface area contributed by atoms with Gasteiger partial charge in [0.25, 0.3) is 0 Å². The van der Waals surface area contributed by atoms with E-state index < -0.39 is 0 Å². The number of anilines is 1. The molecule has 5 heteroatoms. The average Bonchev–Trinajstić information content (AvgIpc) is 2.07. The summed E-state index contributed by atoms with van der Waals surface area (Å²) in [6.45, 7) is 2.74. The Morgan fingerprint density at radius 3 is 1.93 bits per heavy atom. The second-order valence-electron chi connectivity index (χ2n) is 2.84. The summed E-state index contributed by atoms with van der Waals surface area (Å²) in [5, 5.41) is 11.5. The number of nitrogens with two attached hydrogens (primary N) is 1. The maximum absolute atomic E-state index is 10.5. The molecule has 0 atom stereocenters. The third-order valence-electron chi connectivity index (χ3n) is 1.19. The zero-order valence-electron chi connectivity index (χ0n) is 8.65. The van der Waals surface area contributed by atoms with Gasteiger partial charge >= 0.3 is 0 Å². The molecule has 0 saturated heterocycles. The standard InChI is InChI=1S/C8H9NO2.C2H5NO/c1-6(10)9-7-2-4-8(11)5-3-7;1-2(3)4/h2-5,11H,1H3,(H,9,10);1H3,(H2,3,4). The van der Waals surface area contributed by atoms with Crippen LogP contribution in [-0.4, -0.2) is 16.9 Å². The van der Waals surface area contributed by atoms with Gasteiger partial charge in [-0.15, -0.1) is 0 Å². The molecule has 0 aliphatic heterocycles. The van der Waals surface area contributed by atoms with Crippen LogP contribution in [0.1, 0.15) is 13.8 Å². The third kappa shape index (κ3) is 8.29. The molecular formula is C10H14N2O3. The van der Waals surface area contributed by atoms with Gasteiger partial charge in [-0.25, -0.2) is 0 Å². The molecule has 5 nitrogen and oxygen atoms in total. The van der Waals surface area contributed by atoms with E-state index in [0.29, 0.717) is 5.69 Å². The second-order valence-corrected chi connectivity index (χ2v) is 2.84.